The highest BCUT2D eigenvalue weighted by Crippen LogP contribution is 2.31. The Bertz CT molecular complexity index is 334. The van der Waals surface area contributed by atoms with E-state index in [-0.39, 0.29) is 0 Å². The summed E-state index contributed by atoms with van der Waals surface area (Å²) >= 11 is 3.53. The predicted octanol–water partition coefficient (Wildman–Crippen LogP) is 2.92. The summed E-state index contributed by atoms with van der Waals surface area (Å²) in [5.74, 6) is 1.56. The van der Waals surface area contributed by atoms with Crippen molar-refractivity contribution in [1.82, 2.24) is 5.32 Å². The summed E-state index contributed by atoms with van der Waals surface area (Å²) in [6.45, 7) is 2.26. The molecule has 0 bridgehead atoms. The van der Waals surface area contributed by atoms with Gasteiger partial charge in [-0.2, -0.15) is 0 Å². The number of nitrogens with one attached hydrogen (secondary N) is 1. The van der Waals surface area contributed by atoms with Gasteiger partial charge in [-0.3, -0.25) is 0 Å². The van der Waals surface area contributed by atoms with Crippen LogP contribution in [-0.4, -0.2) is 20.2 Å². The Morgan fingerprint density at radius 2 is 2.33 bits per heavy atom. The average molecular weight is 270 g/mol. The van der Waals surface area contributed by atoms with E-state index in [0.29, 0.717) is 5.92 Å². The number of piperidine rings is 1. The molecule has 2 nitrogen and oxygen atoms in total. The molecule has 15 heavy (non-hydrogen) atoms. The summed E-state index contributed by atoms with van der Waals surface area (Å²) in [6, 6.07) is 6.38. The maximum Gasteiger partial charge on any atom is 0.133 e. The van der Waals surface area contributed by atoms with Crippen LogP contribution < -0.4 is 10.1 Å². The number of hydrogen-bond donors (Lipinski definition) is 1. The van der Waals surface area contributed by atoms with Crippen LogP contribution in [0.2, 0.25) is 0 Å². The Labute approximate surface area is 99.1 Å². The van der Waals surface area contributed by atoms with E-state index in [0.717, 1.165) is 23.3 Å². The second-order valence-electron chi connectivity index (χ2n) is 3.94. The molecule has 1 fully saturated rings. The van der Waals surface area contributed by atoms with Crippen LogP contribution in [0.25, 0.3) is 0 Å². The summed E-state index contributed by atoms with van der Waals surface area (Å²) in [5, 5.41) is 3.43. The van der Waals surface area contributed by atoms with E-state index < -0.39 is 0 Å². The first kappa shape index (κ1) is 11.0. The van der Waals surface area contributed by atoms with Gasteiger partial charge >= 0.3 is 0 Å². The van der Waals surface area contributed by atoms with Crippen LogP contribution in [0.1, 0.15) is 24.3 Å². The highest BCUT2D eigenvalue weighted by atomic mass is 79.9. The topological polar surface area (TPSA) is 21.3 Å². The van der Waals surface area contributed by atoms with Crippen LogP contribution in [0.4, 0.5) is 0 Å². The average Bonchev–Trinajstić information content (AvgIpc) is 2.30. The summed E-state index contributed by atoms with van der Waals surface area (Å²) in [5.41, 5.74) is 1.40. The normalized spacial score (nSPS) is 21.3. The van der Waals surface area contributed by atoms with Gasteiger partial charge in [0.05, 0.1) is 11.6 Å². The molecule has 0 spiro atoms. The van der Waals surface area contributed by atoms with E-state index in [1.54, 1.807) is 7.11 Å². The largest absolute Gasteiger partial charge is 0.496 e. The molecule has 1 aliphatic heterocycles. The lowest BCUT2D eigenvalue weighted by Crippen LogP contribution is -2.28. The van der Waals surface area contributed by atoms with E-state index in [1.165, 1.54) is 18.4 Å². The monoisotopic (exact) mass is 269 g/mol. The number of benzene rings is 1. The number of rotatable bonds is 2. The number of methoxy groups -OCH3 is 1. The molecule has 0 unspecified atom stereocenters. The molecule has 0 aliphatic carbocycles. The van der Waals surface area contributed by atoms with E-state index >= 15 is 0 Å². The van der Waals surface area contributed by atoms with Crippen LogP contribution in [0.3, 0.4) is 0 Å². The Morgan fingerprint density at radius 3 is 2.93 bits per heavy atom. The van der Waals surface area contributed by atoms with Crippen LogP contribution in [0.5, 0.6) is 5.75 Å². The zero-order valence-electron chi connectivity index (χ0n) is 8.92. The maximum atomic E-state index is 5.22. The second kappa shape index (κ2) is 4.99. The number of ether oxygens (including phenoxy) is 1. The van der Waals surface area contributed by atoms with Gasteiger partial charge in [0.15, 0.2) is 0 Å². The minimum absolute atomic E-state index is 0.654. The van der Waals surface area contributed by atoms with E-state index in [9.17, 15) is 0 Å². The minimum atomic E-state index is 0.654. The lowest BCUT2D eigenvalue weighted by atomic mass is 9.92. The third-order valence-corrected chi connectivity index (χ3v) is 3.56. The van der Waals surface area contributed by atoms with E-state index in [2.05, 4.69) is 33.4 Å². The second-order valence-corrected chi connectivity index (χ2v) is 4.79. The molecule has 82 valence electrons. The fourth-order valence-corrected chi connectivity index (χ4v) is 2.63. The van der Waals surface area contributed by atoms with Crippen molar-refractivity contribution in [3.63, 3.8) is 0 Å². The molecular weight excluding hydrogens is 254 g/mol. The van der Waals surface area contributed by atoms with Gasteiger partial charge in [0.2, 0.25) is 0 Å². The molecular formula is C12H16BrNO. The molecule has 3 heteroatoms. The minimum Gasteiger partial charge on any atom is -0.496 e. The van der Waals surface area contributed by atoms with Crippen molar-refractivity contribution in [3.05, 3.63) is 28.2 Å². The highest BCUT2D eigenvalue weighted by Gasteiger charge is 2.15. The Hall–Kier alpha value is -0.540. The van der Waals surface area contributed by atoms with Gasteiger partial charge < -0.3 is 10.1 Å². The van der Waals surface area contributed by atoms with Crippen molar-refractivity contribution in [2.45, 2.75) is 18.8 Å². The van der Waals surface area contributed by atoms with Crippen molar-refractivity contribution in [2.75, 3.05) is 20.2 Å². The van der Waals surface area contributed by atoms with Gasteiger partial charge in [-0.05, 0) is 58.9 Å². The third kappa shape index (κ3) is 2.52. The Morgan fingerprint density at radius 1 is 1.47 bits per heavy atom. The standard InChI is InChI=1S/C12H16BrNO/c1-15-12-5-4-9(7-11(12)13)10-3-2-6-14-8-10/h4-5,7,10,14H,2-3,6,8H2,1H3/t10-/m1/s1. The van der Waals surface area contributed by atoms with Crippen LogP contribution in [0.15, 0.2) is 22.7 Å². The SMILES string of the molecule is COc1ccc([C@@H]2CCCNC2)cc1Br. The lowest BCUT2D eigenvalue weighted by Gasteiger charge is -2.23. The fourth-order valence-electron chi connectivity index (χ4n) is 2.07. The first-order valence-electron chi connectivity index (χ1n) is 5.35. The quantitative estimate of drug-likeness (QED) is 0.892. The summed E-state index contributed by atoms with van der Waals surface area (Å²) < 4.78 is 6.27. The molecule has 0 amide bonds. The maximum absolute atomic E-state index is 5.22. The Balaban J connectivity index is 2.17. The van der Waals surface area contributed by atoms with Crippen LogP contribution in [0, 0.1) is 0 Å². The zero-order valence-corrected chi connectivity index (χ0v) is 10.5. The van der Waals surface area contributed by atoms with Gasteiger partial charge in [0.25, 0.3) is 0 Å². The predicted molar refractivity (Wildman–Crippen MR) is 65.5 cm³/mol. The van der Waals surface area contributed by atoms with Gasteiger partial charge in [-0.25, -0.2) is 0 Å². The van der Waals surface area contributed by atoms with Crippen molar-refractivity contribution in [1.29, 1.82) is 0 Å². The molecule has 1 aromatic rings. The fraction of sp³-hybridized carbons (Fsp3) is 0.500. The van der Waals surface area contributed by atoms with Crippen molar-refractivity contribution in [3.8, 4) is 5.75 Å². The van der Waals surface area contributed by atoms with Crippen molar-refractivity contribution >= 4 is 15.9 Å². The number of hydrogen-bond acceptors (Lipinski definition) is 2. The van der Waals surface area contributed by atoms with Crippen molar-refractivity contribution in [2.24, 2.45) is 0 Å². The smallest absolute Gasteiger partial charge is 0.133 e. The number of halogens is 1. The first-order valence-corrected chi connectivity index (χ1v) is 6.14. The molecule has 0 radical (unpaired) electrons. The van der Waals surface area contributed by atoms with E-state index in [1.807, 2.05) is 6.07 Å². The van der Waals surface area contributed by atoms with Crippen LogP contribution >= 0.6 is 15.9 Å². The highest BCUT2D eigenvalue weighted by molar-refractivity contribution is 9.10. The molecule has 2 rings (SSSR count). The third-order valence-electron chi connectivity index (χ3n) is 2.94. The molecule has 1 aliphatic rings. The molecule has 0 saturated carbocycles. The van der Waals surface area contributed by atoms with Gasteiger partial charge in [-0.1, -0.05) is 6.07 Å². The lowest BCUT2D eigenvalue weighted by molar-refractivity contribution is 0.411. The molecule has 1 atom stereocenters. The van der Waals surface area contributed by atoms with Crippen LogP contribution in [-0.2, 0) is 0 Å². The molecule has 1 heterocycles. The van der Waals surface area contributed by atoms with Crippen molar-refractivity contribution < 1.29 is 4.74 Å². The zero-order chi connectivity index (χ0) is 10.7. The summed E-state index contributed by atoms with van der Waals surface area (Å²) in [4.78, 5) is 0. The molecule has 1 aromatic carbocycles. The summed E-state index contributed by atoms with van der Waals surface area (Å²) in [6.07, 6.45) is 2.56. The molecule has 1 N–H and O–H groups in total. The Kier molecular flexibility index (Phi) is 3.65. The van der Waals surface area contributed by atoms with E-state index in [4.69, 9.17) is 4.74 Å². The summed E-state index contributed by atoms with van der Waals surface area (Å²) in [7, 11) is 1.70. The van der Waals surface area contributed by atoms with Gasteiger partial charge in [0.1, 0.15) is 5.75 Å². The molecule has 1 saturated heterocycles. The van der Waals surface area contributed by atoms with Gasteiger partial charge in [-0.15, -0.1) is 0 Å². The first-order chi connectivity index (χ1) is 7.31. The molecule has 0 aromatic heterocycles. The van der Waals surface area contributed by atoms with Gasteiger partial charge in [0, 0.05) is 6.54 Å².